The van der Waals surface area contributed by atoms with E-state index in [1.54, 1.807) is 4.90 Å². The Kier molecular flexibility index (Phi) is 6.43. The molecule has 1 aliphatic rings. The lowest BCUT2D eigenvalue weighted by atomic mass is 10.1. The molecule has 1 fully saturated rings. The lowest BCUT2D eigenvalue weighted by molar-refractivity contribution is 0.0983. The van der Waals surface area contributed by atoms with Crippen molar-refractivity contribution in [3.63, 3.8) is 0 Å². The second-order valence-electron chi connectivity index (χ2n) is 5.75. The van der Waals surface area contributed by atoms with Crippen LogP contribution in [0, 0.1) is 6.92 Å². The third kappa shape index (κ3) is 5.26. The molecule has 128 valence electrons. The van der Waals surface area contributed by atoms with Crippen LogP contribution in [-0.4, -0.2) is 53.2 Å². The number of nitrogens with one attached hydrogen (secondary N) is 2. The van der Waals surface area contributed by atoms with E-state index in [1.807, 2.05) is 19.9 Å². The number of amides is 1. The van der Waals surface area contributed by atoms with Crippen LogP contribution >= 0.6 is 0 Å². The van der Waals surface area contributed by atoms with Crippen LogP contribution in [0.5, 0.6) is 0 Å². The number of carbonyl (C=O) groups is 1. The molecule has 1 aliphatic heterocycles. The van der Waals surface area contributed by atoms with Crippen molar-refractivity contribution in [3.8, 4) is 0 Å². The van der Waals surface area contributed by atoms with Gasteiger partial charge in [0, 0.05) is 37.4 Å². The number of hydrogen-bond donors (Lipinski definition) is 2. The molecule has 23 heavy (non-hydrogen) atoms. The van der Waals surface area contributed by atoms with E-state index in [9.17, 15) is 4.79 Å². The normalized spacial score (nSPS) is 15.3. The second kappa shape index (κ2) is 8.55. The summed E-state index contributed by atoms with van der Waals surface area (Å²) in [6.07, 6.45) is 2.60. The number of aryl methyl sites for hydroxylation is 1. The van der Waals surface area contributed by atoms with Crippen molar-refractivity contribution in [3.05, 3.63) is 11.8 Å². The fourth-order valence-corrected chi connectivity index (χ4v) is 2.59. The molecule has 2 rings (SSSR count). The zero-order chi connectivity index (χ0) is 16.7. The second-order valence-corrected chi connectivity index (χ2v) is 5.75. The summed E-state index contributed by atoms with van der Waals surface area (Å²) < 4.78 is 5.04. The molecular formula is C16H27N5O2. The fourth-order valence-electron chi connectivity index (χ4n) is 2.59. The number of rotatable bonds is 6. The minimum Gasteiger partial charge on any atom is -0.450 e. The first-order valence-corrected chi connectivity index (χ1v) is 8.40. The fraction of sp³-hybridized carbons (Fsp3) is 0.688. The van der Waals surface area contributed by atoms with Crippen LogP contribution in [0.25, 0.3) is 0 Å². The standard InChI is InChI=1S/C16H27N5O2/c1-4-8-17-15-18-12(3)11-14(20-15)19-13-6-9-21(10-7-13)16(22)23-5-2/h11,13H,4-10H2,1-3H3,(H2,17,18,19,20). The molecule has 0 atom stereocenters. The van der Waals surface area contributed by atoms with Crippen molar-refractivity contribution in [2.75, 3.05) is 36.9 Å². The first-order chi connectivity index (χ1) is 11.1. The summed E-state index contributed by atoms with van der Waals surface area (Å²) in [7, 11) is 0. The van der Waals surface area contributed by atoms with Crippen LogP contribution < -0.4 is 10.6 Å². The molecule has 7 nitrogen and oxygen atoms in total. The van der Waals surface area contributed by atoms with Crippen LogP contribution in [0.15, 0.2) is 6.07 Å². The summed E-state index contributed by atoms with van der Waals surface area (Å²) in [4.78, 5) is 22.4. The number of hydrogen-bond acceptors (Lipinski definition) is 6. The van der Waals surface area contributed by atoms with Gasteiger partial charge in [-0.3, -0.25) is 0 Å². The highest BCUT2D eigenvalue weighted by atomic mass is 16.6. The Bertz CT molecular complexity index is 515. The SMILES string of the molecule is CCCNc1nc(C)cc(NC2CCN(C(=O)OCC)CC2)n1. The van der Waals surface area contributed by atoms with E-state index in [4.69, 9.17) is 4.74 Å². The number of aromatic nitrogens is 2. The van der Waals surface area contributed by atoms with Gasteiger partial charge >= 0.3 is 6.09 Å². The van der Waals surface area contributed by atoms with Gasteiger partial charge in [-0.25, -0.2) is 9.78 Å². The van der Waals surface area contributed by atoms with E-state index in [2.05, 4.69) is 27.5 Å². The molecule has 0 radical (unpaired) electrons. The first-order valence-electron chi connectivity index (χ1n) is 8.40. The molecule has 1 aromatic heterocycles. The summed E-state index contributed by atoms with van der Waals surface area (Å²) >= 11 is 0. The van der Waals surface area contributed by atoms with E-state index in [1.165, 1.54) is 0 Å². The van der Waals surface area contributed by atoms with Crippen molar-refractivity contribution in [2.24, 2.45) is 0 Å². The maximum absolute atomic E-state index is 11.7. The highest BCUT2D eigenvalue weighted by Gasteiger charge is 2.23. The highest BCUT2D eigenvalue weighted by Crippen LogP contribution is 2.17. The van der Waals surface area contributed by atoms with Crippen LogP contribution in [-0.2, 0) is 4.74 Å². The van der Waals surface area contributed by atoms with Gasteiger partial charge in [-0.2, -0.15) is 4.98 Å². The lowest BCUT2D eigenvalue weighted by Gasteiger charge is -2.31. The van der Waals surface area contributed by atoms with Crippen LogP contribution in [0.4, 0.5) is 16.6 Å². The van der Waals surface area contributed by atoms with Gasteiger partial charge in [-0.1, -0.05) is 6.92 Å². The topological polar surface area (TPSA) is 79.4 Å². The summed E-state index contributed by atoms with van der Waals surface area (Å²) in [6.45, 7) is 8.61. The Morgan fingerprint density at radius 2 is 2.09 bits per heavy atom. The Hall–Kier alpha value is -2.05. The third-order valence-corrected chi connectivity index (χ3v) is 3.76. The molecule has 7 heteroatoms. The van der Waals surface area contributed by atoms with E-state index < -0.39 is 0 Å². The van der Waals surface area contributed by atoms with Gasteiger partial charge < -0.3 is 20.3 Å². The van der Waals surface area contributed by atoms with E-state index in [0.717, 1.165) is 37.3 Å². The molecule has 0 bridgehead atoms. The number of nitrogens with zero attached hydrogens (tertiary/aromatic N) is 3. The van der Waals surface area contributed by atoms with Crippen molar-refractivity contribution in [1.29, 1.82) is 0 Å². The number of likely N-dealkylation sites (tertiary alicyclic amines) is 1. The maximum Gasteiger partial charge on any atom is 0.409 e. The molecule has 0 spiro atoms. The number of carbonyl (C=O) groups excluding carboxylic acids is 1. The molecule has 2 N–H and O–H groups in total. The number of anilines is 2. The Labute approximate surface area is 137 Å². The summed E-state index contributed by atoms with van der Waals surface area (Å²) in [5.41, 5.74) is 0.935. The van der Waals surface area contributed by atoms with Gasteiger partial charge in [0.2, 0.25) is 5.95 Å². The summed E-state index contributed by atoms with van der Waals surface area (Å²) in [6, 6.07) is 2.27. The molecule has 1 saturated heterocycles. The zero-order valence-corrected chi connectivity index (χ0v) is 14.3. The number of ether oxygens (including phenoxy) is 1. The minimum atomic E-state index is -0.213. The van der Waals surface area contributed by atoms with Gasteiger partial charge in [-0.05, 0) is 33.1 Å². The Balaban J connectivity index is 1.88. The van der Waals surface area contributed by atoms with Crippen molar-refractivity contribution < 1.29 is 9.53 Å². The molecule has 2 heterocycles. The molecule has 0 unspecified atom stereocenters. The molecule has 1 amide bonds. The monoisotopic (exact) mass is 321 g/mol. The predicted molar refractivity (Wildman–Crippen MR) is 90.8 cm³/mol. The molecule has 0 aliphatic carbocycles. The molecule has 0 aromatic carbocycles. The van der Waals surface area contributed by atoms with E-state index >= 15 is 0 Å². The summed E-state index contributed by atoms with van der Waals surface area (Å²) in [5.74, 6) is 1.50. The van der Waals surface area contributed by atoms with E-state index in [0.29, 0.717) is 31.7 Å². The molecular weight excluding hydrogens is 294 g/mol. The lowest BCUT2D eigenvalue weighted by Crippen LogP contribution is -2.42. The Morgan fingerprint density at radius 3 is 2.74 bits per heavy atom. The average molecular weight is 321 g/mol. The quantitative estimate of drug-likeness (QED) is 0.838. The molecule has 1 aromatic rings. The van der Waals surface area contributed by atoms with Crippen molar-refractivity contribution in [2.45, 2.75) is 46.1 Å². The minimum absolute atomic E-state index is 0.213. The Morgan fingerprint density at radius 1 is 1.35 bits per heavy atom. The number of piperidine rings is 1. The average Bonchev–Trinajstić information content (AvgIpc) is 2.53. The van der Waals surface area contributed by atoms with Crippen LogP contribution in [0.2, 0.25) is 0 Å². The molecule has 0 saturated carbocycles. The van der Waals surface area contributed by atoms with E-state index in [-0.39, 0.29) is 6.09 Å². The van der Waals surface area contributed by atoms with Gasteiger partial charge in [0.25, 0.3) is 0 Å². The van der Waals surface area contributed by atoms with Gasteiger partial charge in [-0.15, -0.1) is 0 Å². The maximum atomic E-state index is 11.7. The van der Waals surface area contributed by atoms with Gasteiger partial charge in [0.1, 0.15) is 5.82 Å². The zero-order valence-electron chi connectivity index (χ0n) is 14.3. The summed E-state index contributed by atoms with van der Waals surface area (Å²) in [5, 5.41) is 6.68. The highest BCUT2D eigenvalue weighted by molar-refractivity contribution is 5.67. The smallest absolute Gasteiger partial charge is 0.409 e. The van der Waals surface area contributed by atoms with Crippen molar-refractivity contribution >= 4 is 17.9 Å². The largest absolute Gasteiger partial charge is 0.450 e. The van der Waals surface area contributed by atoms with Gasteiger partial charge in [0.05, 0.1) is 6.61 Å². The van der Waals surface area contributed by atoms with Gasteiger partial charge in [0.15, 0.2) is 0 Å². The van der Waals surface area contributed by atoms with Crippen LogP contribution in [0.1, 0.15) is 38.8 Å². The van der Waals surface area contributed by atoms with Crippen molar-refractivity contribution in [1.82, 2.24) is 14.9 Å². The predicted octanol–water partition coefficient (Wildman–Crippen LogP) is 2.64. The third-order valence-electron chi connectivity index (χ3n) is 3.76. The van der Waals surface area contributed by atoms with Crippen LogP contribution in [0.3, 0.4) is 0 Å². The first kappa shape index (κ1) is 17.3.